The molecule has 0 bridgehead atoms. The number of hydrogen-bond donors (Lipinski definition) is 1. The first-order valence-corrected chi connectivity index (χ1v) is 6.85. The Morgan fingerprint density at radius 2 is 0.737 bits per heavy atom. The minimum atomic E-state index is -0.0455. The van der Waals surface area contributed by atoms with E-state index in [0.29, 0.717) is 25.9 Å². The maximum Gasteiger partial charge on any atom is 0.134 e. The van der Waals surface area contributed by atoms with Gasteiger partial charge < -0.3 is 5.32 Å². The zero-order valence-electron chi connectivity index (χ0n) is 11.2. The summed E-state index contributed by atoms with van der Waals surface area (Å²) in [4.78, 5) is 45.9. The molecule has 19 heavy (non-hydrogen) atoms. The van der Waals surface area contributed by atoms with Crippen LogP contribution in [0.15, 0.2) is 0 Å². The highest BCUT2D eigenvalue weighted by Gasteiger charge is 2.12. The topological polar surface area (TPSA) is 80.3 Å². The highest BCUT2D eigenvalue weighted by atomic mass is 16.1. The van der Waals surface area contributed by atoms with Crippen molar-refractivity contribution in [2.24, 2.45) is 0 Å². The van der Waals surface area contributed by atoms with Crippen molar-refractivity contribution < 1.29 is 19.2 Å². The molecule has 1 rings (SSSR count). The molecule has 5 nitrogen and oxygen atoms in total. The van der Waals surface area contributed by atoms with Gasteiger partial charge in [-0.25, -0.2) is 0 Å². The average molecular weight is 267 g/mol. The lowest BCUT2D eigenvalue weighted by Crippen LogP contribution is -2.21. The molecule has 0 aliphatic carbocycles. The SMILES string of the molecule is O=C1CCNCCC(=O)CCC(=O)CCC(=O)CC1. The molecule has 0 aromatic heterocycles. The molecule has 106 valence electrons. The van der Waals surface area contributed by atoms with Crippen molar-refractivity contribution in [3.63, 3.8) is 0 Å². The minimum Gasteiger partial charge on any atom is -0.316 e. The molecule has 0 atom stereocenters. The van der Waals surface area contributed by atoms with E-state index in [1.807, 2.05) is 0 Å². The summed E-state index contributed by atoms with van der Waals surface area (Å²) in [5.41, 5.74) is 0. The van der Waals surface area contributed by atoms with E-state index in [0.717, 1.165) is 0 Å². The predicted octanol–water partition coefficient (Wildman–Crippen LogP) is 0.987. The van der Waals surface area contributed by atoms with Gasteiger partial charge in [0.05, 0.1) is 0 Å². The third kappa shape index (κ3) is 7.62. The van der Waals surface area contributed by atoms with Crippen molar-refractivity contribution in [3.8, 4) is 0 Å². The summed E-state index contributed by atoms with van der Waals surface area (Å²) in [5, 5.41) is 3.03. The summed E-state index contributed by atoms with van der Waals surface area (Å²) < 4.78 is 0. The van der Waals surface area contributed by atoms with Gasteiger partial charge in [-0.05, 0) is 0 Å². The molecule has 0 aromatic rings. The highest BCUT2D eigenvalue weighted by molar-refractivity contribution is 5.90. The van der Waals surface area contributed by atoms with Gasteiger partial charge in [0.25, 0.3) is 0 Å². The molecule has 1 fully saturated rings. The van der Waals surface area contributed by atoms with Gasteiger partial charge in [0.15, 0.2) is 0 Å². The van der Waals surface area contributed by atoms with Gasteiger partial charge in [-0.2, -0.15) is 0 Å². The van der Waals surface area contributed by atoms with E-state index in [9.17, 15) is 19.2 Å². The summed E-state index contributed by atoms with van der Waals surface area (Å²) in [6.07, 6.45) is 2.13. The molecule has 0 aromatic carbocycles. The fourth-order valence-corrected chi connectivity index (χ4v) is 1.92. The van der Waals surface area contributed by atoms with Gasteiger partial charge in [0, 0.05) is 64.5 Å². The normalized spacial score (nSPS) is 21.9. The van der Waals surface area contributed by atoms with E-state index < -0.39 is 0 Å². The van der Waals surface area contributed by atoms with Gasteiger partial charge in [-0.1, -0.05) is 0 Å². The smallest absolute Gasteiger partial charge is 0.134 e. The lowest BCUT2D eigenvalue weighted by atomic mass is 10.0. The van der Waals surface area contributed by atoms with Gasteiger partial charge >= 0.3 is 0 Å². The molecule has 0 amide bonds. The van der Waals surface area contributed by atoms with Crippen molar-refractivity contribution in [2.75, 3.05) is 13.1 Å². The zero-order valence-corrected chi connectivity index (χ0v) is 11.2. The van der Waals surface area contributed by atoms with Gasteiger partial charge in [-0.15, -0.1) is 0 Å². The molecule has 1 saturated heterocycles. The molecule has 1 aliphatic heterocycles. The number of carbonyl (C=O) groups is 4. The molecule has 0 saturated carbocycles. The van der Waals surface area contributed by atoms with E-state index in [-0.39, 0.29) is 61.7 Å². The maximum atomic E-state index is 11.5. The van der Waals surface area contributed by atoms with Crippen LogP contribution in [0.2, 0.25) is 0 Å². The molecule has 0 unspecified atom stereocenters. The molecular weight excluding hydrogens is 246 g/mol. The van der Waals surface area contributed by atoms with Gasteiger partial charge in [0.2, 0.25) is 0 Å². The van der Waals surface area contributed by atoms with Crippen LogP contribution in [0.25, 0.3) is 0 Å². The van der Waals surface area contributed by atoms with E-state index in [1.165, 1.54) is 0 Å². The third-order valence-corrected chi connectivity index (χ3v) is 3.21. The number of rotatable bonds is 0. The summed E-state index contributed by atoms with van der Waals surface area (Å²) in [7, 11) is 0. The van der Waals surface area contributed by atoms with Crippen LogP contribution in [0.5, 0.6) is 0 Å². The van der Waals surface area contributed by atoms with Gasteiger partial charge in [0.1, 0.15) is 23.1 Å². The van der Waals surface area contributed by atoms with Crippen molar-refractivity contribution >= 4 is 23.1 Å². The van der Waals surface area contributed by atoms with Crippen LogP contribution in [0.3, 0.4) is 0 Å². The third-order valence-electron chi connectivity index (χ3n) is 3.21. The van der Waals surface area contributed by atoms with E-state index in [1.54, 1.807) is 0 Å². The first-order valence-electron chi connectivity index (χ1n) is 6.85. The quantitative estimate of drug-likeness (QED) is 0.708. The Morgan fingerprint density at radius 1 is 0.474 bits per heavy atom. The molecule has 1 N–H and O–H groups in total. The predicted molar refractivity (Wildman–Crippen MR) is 69.8 cm³/mol. The van der Waals surface area contributed by atoms with Crippen LogP contribution >= 0.6 is 0 Å². The number of ketones is 4. The largest absolute Gasteiger partial charge is 0.316 e. The van der Waals surface area contributed by atoms with E-state index in [4.69, 9.17) is 0 Å². The molecule has 0 spiro atoms. The van der Waals surface area contributed by atoms with E-state index >= 15 is 0 Å². The summed E-state index contributed by atoms with van der Waals surface area (Å²) >= 11 is 0. The van der Waals surface area contributed by atoms with Crippen molar-refractivity contribution in [2.45, 2.75) is 51.4 Å². The fraction of sp³-hybridized carbons (Fsp3) is 0.714. The Kier molecular flexibility index (Phi) is 7.18. The Balaban J connectivity index is 2.46. The van der Waals surface area contributed by atoms with Crippen LogP contribution in [0.4, 0.5) is 0 Å². The summed E-state index contributed by atoms with van der Waals surface area (Å²) in [5.74, 6) is 0.00784. The molecular formula is C14H21NO4. The summed E-state index contributed by atoms with van der Waals surface area (Å²) in [6, 6.07) is 0. The van der Waals surface area contributed by atoms with Crippen LogP contribution in [0, 0.1) is 0 Å². The Labute approximate surface area is 113 Å². The lowest BCUT2D eigenvalue weighted by Gasteiger charge is -2.03. The second kappa shape index (κ2) is 8.69. The first kappa shape index (κ1) is 15.7. The fourth-order valence-electron chi connectivity index (χ4n) is 1.92. The van der Waals surface area contributed by atoms with Gasteiger partial charge in [-0.3, -0.25) is 19.2 Å². The van der Waals surface area contributed by atoms with Crippen LogP contribution in [-0.2, 0) is 19.2 Å². The van der Waals surface area contributed by atoms with Crippen LogP contribution in [0.1, 0.15) is 51.4 Å². The molecule has 1 heterocycles. The molecule has 0 radical (unpaired) electrons. The zero-order chi connectivity index (χ0) is 14.1. The van der Waals surface area contributed by atoms with Crippen molar-refractivity contribution in [1.29, 1.82) is 0 Å². The standard InChI is InChI=1S/C14H21NO4/c16-11-1-2-12(17)4-6-14(19)8-10-15-9-7-13(18)5-3-11/h15H,1-10H2. The van der Waals surface area contributed by atoms with Crippen LogP contribution in [-0.4, -0.2) is 36.2 Å². The van der Waals surface area contributed by atoms with Crippen LogP contribution < -0.4 is 5.32 Å². The second-order valence-corrected chi connectivity index (χ2v) is 4.90. The van der Waals surface area contributed by atoms with Crippen molar-refractivity contribution in [1.82, 2.24) is 5.32 Å². The Morgan fingerprint density at radius 3 is 1.05 bits per heavy atom. The minimum absolute atomic E-state index is 0.0455. The monoisotopic (exact) mass is 267 g/mol. The van der Waals surface area contributed by atoms with E-state index in [2.05, 4.69) is 5.32 Å². The Hall–Kier alpha value is -1.36. The second-order valence-electron chi connectivity index (χ2n) is 4.90. The lowest BCUT2D eigenvalue weighted by molar-refractivity contribution is -0.126. The number of Topliss-reactive ketones (excluding diaryl/α,β-unsaturated/α-hetero) is 4. The average Bonchev–Trinajstić information content (AvgIpc) is 2.39. The molecule has 1 aliphatic rings. The maximum absolute atomic E-state index is 11.5. The first-order chi connectivity index (χ1) is 9.08. The number of hydrogen-bond acceptors (Lipinski definition) is 5. The van der Waals surface area contributed by atoms with Crippen molar-refractivity contribution in [3.05, 3.63) is 0 Å². The Bertz CT molecular complexity index is 328. The summed E-state index contributed by atoms with van der Waals surface area (Å²) in [6.45, 7) is 1.08. The number of carbonyl (C=O) groups excluding carboxylic acids is 4. The highest BCUT2D eigenvalue weighted by Crippen LogP contribution is 2.06. The number of nitrogens with one attached hydrogen (secondary N) is 1. The molecule has 5 heteroatoms.